The average molecular weight is 1480 g/mol. The number of hydrogen-bond donors (Lipinski definition) is 2. The van der Waals surface area contributed by atoms with Gasteiger partial charge in [0, 0.05) is 66.0 Å². The molecule has 2 N–H and O–H groups in total. The lowest BCUT2D eigenvalue weighted by molar-refractivity contribution is -0.138. The van der Waals surface area contributed by atoms with E-state index >= 15 is 0 Å². The Morgan fingerprint density at radius 2 is 0.636 bits per heavy atom. The number of rotatable bonds is 25. The molecule has 6 aliphatic rings. The molecule has 0 bridgehead atoms. The summed E-state index contributed by atoms with van der Waals surface area (Å²) in [5.74, 6) is 2.68. The molecule has 6 heterocycles. The number of aryl methyl sites for hydroxylation is 1. The first-order valence-corrected chi connectivity index (χ1v) is 39.2. The van der Waals surface area contributed by atoms with E-state index in [1.165, 1.54) is 16.7 Å². The molecule has 3 saturated heterocycles. The summed E-state index contributed by atoms with van der Waals surface area (Å²) in [6.07, 6.45) is 8.08. The van der Waals surface area contributed by atoms with Crippen LogP contribution in [0.25, 0.3) is 0 Å². The SMILES string of the molecule is CN(CCc1ccccc1)C(=O)C1(c2ccccc2)CCN(CCN2C(=O)COc3ccccc32)CC1.O=C1COc2ccccc2N1CCN1CCC(C(=O)NCCCc2ccccc2)(c2ccccc2)CC1.O=C1COc2ccccc2N1CCN1CCC(C(=O)NCCc2ccccc2)(c2ccccc2)CC1. The second-order valence-electron chi connectivity index (χ2n) is 29.6. The van der Waals surface area contributed by atoms with Gasteiger partial charge in [0.25, 0.3) is 17.7 Å². The molecule has 18 heteroatoms. The summed E-state index contributed by atoms with van der Waals surface area (Å²) in [5.41, 5.74) is 7.97. The maximum Gasteiger partial charge on any atom is 0.265 e. The van der Waals surface area contributed by atoms with Crippen molar-refractivity contribution in [1.29, 1.82) is 0 Å². The summed E-state index contributed by atoms with van der Waals surface area (Å²) >= 11 is 0. The third-order valence-electron chi connectivity index (χ3n) is 23.0. The number of carbonyl (C=O) groups is 6. The molecule has 0 unspecified atom stereocenters. The smallest absolute Gasteiger partial charge is 0.265 e. The molecule has 3 fully saturated rings. The van der Waals surface area contributed by atoms with E-state index in [9.17, 15) is 28.8 Å². The molecule has 6 aliphatic heterocycles. The van der Waals surface area contributed by atoms with Gasteiger partial charge in [-0.05, 0) is 173 Å². The third kappa shape index (κ3) is 18.8. The highest BCUT2D eigenvalue weighted by molar-refractivity contribution is 5.99. The summed E-state index contributed by atoms with van der Waals surface area (Å²) in [4.78, 5) is 93.4. The zero-order valence-electron chi connectivity index (χ0n) is 63.4. The number of piperidine rings is 3. The van der Waals surface area contributed by atoms with Crippen molar-refractivity contribution in [2.45, 2.75) is 80.5 Å². The van der Waals surface area contributed by atoms with Crippen LogP contribution in [0.3, 0.4) is 0 Å². The number of nitrogens with zero attached hydrogens (tertiary/aromatic N) is 7. The van der Waals surface area contributed by atoms with Crippen LogP contribution in [-0.4, -0.2) is 180 Å². The topological polar surface area (TPSA) is 177 Å². The quantitative estimate of drug-likeness (QED) is 0.0519. The summed E-state index contributed by atoms with van der Waals surface area (Å²) in [6, 6.07) is 84.7. The van der Waals surface area contributed by atoms with Crippen molar-refractivity contribution < 1.29 is 43.0 Å². The first-order valence-electron chi connectivity index (χ1n) is 39.2. The first kappa shape index (κ1) is 77.2. The standard InChI is InChI=1S/2C31H35N3O3.C30H33N3O3/c1-32(19-16-25-10-4-2-5-11-25)30(36)31(26-12-6-3-7-13-26)17-20-33(21-18-31)22-23-34-27-14-8-9-15-28(27)37-24-29(34)35;35-29-24-37-28-16-8-7-15-27(28)34(29)23-22-33-20-17-31(18-21-33,26-13-5-2-6-14-26)30(36)32-19-9-12-25-10-3-1-4-11-25;34-28-23-36-27-14-8-7-13-26(27)33(28)22-21-32-19-16-30(17-20-32,25-11-5-2-6-12-25)29(35)31-18-15-24-9-3-1-4-10-24/h2-15H,16-24H2,1H3;1-8,10-11,13-16H,9,12,17-24H2,(H,32,36);1-14H,15-23H2,(H,31,35). The number of hydrogen-bond acceptors (Lipinski definition) is 12. The van der Waals surface area contributed by atoms with Gasteiger partial charge in [0.2, 0.25) is 17.7 Å². The van der Waals surface area contributed by atoms with Gasteiger partial charge in [-0.25, -0.2) is 0 Å². The molecule has 0 radical (unpaired) electrons. The lowest BCUT2D eigenvalue weighted by Crippen LogP contribution is -2.53. The van der Waals surface area contributed by atoms with Gasteiger partial charge in [0.15, 0.2) is 19.8 Å². The van der Waals surface area contributed by atoms with E-state index in [2.05, 4.69) is 110 Å². The molecule has 0 saturated carbocycles. The number of anilines is 3. The molecule has 0 aliphatic carbocycles. The highest BCUT2D eigenvalue weighted by atomic mass is 16.5. The third-order valence-corrected chi connectivity index (χ3v) is 23.0. The Balaban J connectivity index is 0.000000145. The maximum atomic E-state index is 14.0. The first-order chi connectivity index (χ1) is 53.9. The van der Waals surface area contributed by atoms with Gasteiger partial charge in [-0.15, -0.1) is 0 Å². The van der Waals surface area contributed by atoms with Crippen LogP contribution in [0.2, 0.25) is 0 Å². The second-order valence-corrected chi connectivity index (χ2v) is 29.6. The number of benzene rings is 9. The largest absolute Gasteiger partial charge is 0.482 e. The predicted octanol–water partition coefficient (Wildman–Crippen LogP) is 12.1. The van der Waals surface area contributed by atoms with Crippen molar-refractivity contribution in [2.75, 3.05) is 140 Å². The van der Waals surface area contributed by atoms with Gasteiger partial charge in [-0.3, -0.25) is 28.8 Å². The van der Waals surface area contributed by atoms with E-state index in [1.54, 1.807) is 0 Å². The summed E-state index contributed by atoms with van der Waals surface area (Å²) < 4.78 is 16.7. The fourth-order valence-corrected chi connectivity index (χ4v) is 16.4. The lowest BCUT2D eigenvalue weighted by Gasteiger charge is -2.43. The monoisotopic (exact) mass is 1480 g/mol. The van der Waals surface area contributed by atoms with E-state index in [0.717, 1.165) is 174 Å². The van der Waals surface area contributed by atoms with Gasteiger partial charge in [-0.2, -0.15) is 0 Å². The number of ether oxygens (including phenoxy) is 3. The minimum atomic E-state index is -0.532. The molecular weight excluding hydrogens is 1380 g/mol. The van der Waals surface area contributed by atoms with Crippen molar-refractivity contribution in [2.24, 2.45) is 0 Å². The van der Waals surface area contributed by atoms with Gasteiger partial charge in [0.1, 0.15) is 17.2 Å². The number of amides is 6. The molecule has 0 aromatic heterocycles. The molecule has 110 heavy (non-hydrogen) atoms. The molecule has 6 amide bonds. The number of likely N-dealkylation sites (N-methyl/N-ethyl adjacent to an activating group) is 1. The van der Waals surface area contributed by atoms with Crippen LogP contribution in [0.1, 0.15) is 78.3 Å². The van der Waals surface area contributed by atoms with E-state index in [4.69, 9.17) is 14.2 Å². The molecule has 0 spiro atoms. The fraction of sp³-hybridized carbons (Fsp3) is 0.348. The summed E-state index contributed by atoms with van der Waals surface area (Å²) in [5, 5.41) is 6.48. The van der Waals surface area contributed by atoms with Crippen LogP contribution >= 0.6 is 0 Å². The van der Waals surface area contributed by atoms with Crippen LogP contribution < -0.4 is 39.5 Å². The summed E-state index contributed by atoms with van der Waals surface area (Å²) in [7, 11) is 1.93. The van der Waals surface area contributed by atoms with Crippen molar-refractivity contribution >= 4 is 52.5 Å². The molecule has 15 rings (SSSR count). The Morgan fingerprint density at radius 3 is 1.00 bits per heavy atom. The van der Waals surface area contributed by atoms with E-state index < -0.39 is 16.2 Å². The van der Waals surface area contributed by atoms with Gasteiger partial charge in [0.05, 0.1) is 33.3 Å². The maximum absolute atomic E-state index is 14.0. The van der Waals surface area contributed by atoms with Crippen LogP contribution in [-0.2, 0) is 64.3 Å². The Hall–Kier alpha value is -10.9. The number of carbonyl (C=O) groups excluding carboxylic acids is 6. The molecular formula is C92H103N9O9. The van der Waals surface area contributed by atoms with Gasteiger partial charge in [-0.1, -0.05) is 218 Å². The van der Waals surface area contributed by atoms with E-state index in [0.29, 0.717) is 39.3 Å². The second kappa shape index (κ2) is 37.5. The Labute approximate surface area is 647 Å². The van der Waals surface area contributed by atoms with Crippen molar-refractivity contribution in [3.8, 4) is 17.2 Å². The fourth-order valence-electron chi connectivity index (χ4n) is 16.4. The summed E-state index contributed by atoms with van der Waals surface area (Å²) in [6.45, 7) is 11.2. The molecule has 0 atom stereocenters. The highest BCUT2D eigenvalue weighted by Crippen LogP contribution is 2.41. The van der Waals surface area contributed by atoms with Crippen molar-refractivity contribution in [1.82, 2.24) is 30.2 Å². The highest BCUT2D eigenvalue weighted by Gasteiger charge is 2.47. The molecule has 9 aromatic rings. The number of likely N-dealkylation sites (tertiary alicyclic amines) is 3. The Morgan fingerprint density at radius 1 is 0.345 bits per heavy atom. The number of para-hydroxylation sites is 6. The van der Waals surface area contributed by atoms with Crippen LogP contribution in [0.4, 0.5) is 17.1 Å². The van der Waals surface area contributed by atoms with Gasteiger partial charge < -0.3 is 59.1 Å². The minimum Gasteiger partial charge on any atom is -0.482 e. The van der Waals surface area contributed by atoms with E-state index in [-0.39, 0.29) is 55.3 Å². The Bertz CT molecular complexity index is 4480. The number of nitrogens with one attached hydrogen (secondary N) is 2. The van der Waals surface area contributed by atoms with Gasteiger partial charge >= 0.3 is 0 Å². The Kier molecular flexibility index (Phi) is 26.3. The average Bonchev–Trinajstić information content (AvgIpc) is 0.770. The predicted molar refractivity (Wildman–Crippen MR) is 433 cm³/mol. The minimum absolute atomic E-state index is 0.00967. The molecule has 9 aromatic carbocycles. The normalized spacial score (nSPS) is 17.1. The van der Waals surface area contributed by atoms with Crippen molar-refractivity contribution in [3.05, 3.63) is 288 Å². The molecule has 570 valence electrons. The number of fused-ring (bicyclic) bond motifs is 3. The zero-order chi connectivity index (χ0) is 76.0. The lowest BCUT2D eigenvalue weighted by atomic mass is 9.71. The van der Waals surface area contributed by atoms with Crippen molar-refractivity contribution in [3.63, 3.8) is 0 Å². The van der Waals surface area contributed by atoms with Crippen LogP contribution in [0, 0.1) is 0 Å². The van der Waals surface area contributed by atoms with Crippen LogP contribution in [0.5, 0.6) is 17.2 Å². The van der Waals surface area contributed by atoms with Crippen LogP contribution in [0.15, 0.2) is 255 Å². The zero-order valence-corrected chi connectivity index (χ0v) is 63.4. The molecule has 18 nitrogen and oxygen atoms in total. The van der Waals surface area contributed by atoms with E-state index in [1.807, 2.05) is 197 Å².